The standard InChI is InChI=1S/C49H59ClN2O6SSi/c1-34(58-60(48(2,3)4,40-16-7-5-8-17-40)41-18-9-6-10-19-41)28-39-15-11-12-20-45(53)42-24-21-37(42)31-52-32-49(27-13-14-35-29-38(50)23-25-43(35)49)33-57-46-26-22-36(30-44(46)52)47(54)51-59(39,55)56/h5-10,12,16-20,22-23,25-26,29-30,34,37,39,42,45,53H,11,13-15,21,24,27-28,31-33H2,1-4H3,(H,51,54)/b20-12-/t34-,37+,39-,42-,45+,49+/m1/s1. The molecule has 8 nitrogen and oxygen atoms in total. The highest BCUT2D eigenvalue weighted by atomic mass is 35.5. The third-order valence-corrected chi connectivity index (χ3v) is 20.9. The van der Waals surface area contributed by atoms with Gasteiger partial charge >= 0.3 is 0 Å². The minimum absolute atomic E-state index is 0.0704. The average molecular weight is 868 g/mol. The molecule has 0 aromatic heterocycles. The molecule has 2 bridgehead atoms. The highest BCUT2D eigenvalue weighted by Crippen LogP contribution is 2.47. The van der Waals surface area contributed by atoms with Gasteiger partial charge in [0.2, 0.25) is 10.0 Å². The van der Waals surface area contributed by atoms with E-state index in [4.69, 9.17) is 20.8 Å². The first-order chi connectivity index (χ1) is 28.7. The summed E-state index contributed by atoms with van der Waals surface area (Å²) in [6.07, 6.45) is 8.32. The zero-order chi connectivity index (χ0) is 42.3. The second kappa shape index (κ2) is 17.1. The van der Waals surface area contributed by atoms with Crippen molar-refractivity contribution in [1.82, 2.24) is 4.72 Å². The molecule has 0 unspecified atom stereocenters. The molecule has 4 aromatic rings. The fourth-order valence-electron chi connectivity index (χ4n) is 10.6. The summed E-state index contributed by atoms with van der Waals surface area (Å²) in [5.74, 6) is 0.302. The van der Waals surface area contributed by atoms with Crippen LogP contribution < -0.4 is 24.7 Å². The van der Waals surface area contributed by atoms with Gasteiger partial charge in [-0.25, -0.2) is 13.1 Å². The number of hydrogen-bond acceptors (Lipinski definition) is 7. The van der Waals surface area contributed by atoms with Gasteiger partial charge in [-0.15, -0.1) is 0 Å². The Bertz CT molecular complexity index is 2280. The Morgan fingerprint density at radius 1 is 0.983 bits per heavy atom. The SMILES string of the molecule is C[C@H](C[C@H]1CC/C=C\[C@H](O)[C@@H]2CC[C@H]2CN2C[C@@]3(CCCc4cc(Cl)ccc43)COc3ccc(cc32)C(=O)NS1(=O)=O)O[Si](c1ccccc1)(c1ccccc1)C(C)(C)C. The van der Waals surface area contributed by atoms with Crippen molar-refractivity contribution in [2.75, 3.05) is 24.6 Å². The Hall–Kier alpha value is -3.93. The zero-order valence-electron chi connectivity index (χ0n) is 35.3. The number of nitrogens with zero attached hydrogens (tertiary/aromatic N) is 1. The molecule has 1 spiro atoms. The first-order valence-corrected chi connectivity index (χ1v) is 25.5. The maximum absolute atomic E-state index is 14.5. The fraction of sp³-hybridized carbons (Fsp3) is 0.449. The molecule has 0 saturated heterocycles. The van der Waals surface area contributed by atoms with Crippen LogP contribution in [-0.2, 0) is 26.3 Å². The topological polar surface area (TPSA) is 105 Å². The Kier molecular flexibility index (Phi) is 12.2. The summed E-state index contributed by atoms with van der Waals surface area (Å²) in [7, 11) is -7.20. The molecule has 1 saturated carbocycles. The van der Waals surface area contributed by atoms with Gasteiger partial charge < -0.3 is 19.2 Å². The van der Waals surface area contributed by atoms with Gasteiger partial charge in [0.05, 0.1) is 23.6 Å². The van der Waals surface area contributed by atoms with Crippen LogP contribution in [0.2, 0.25) is 10.1 Å². The number of rotatable bonds is 6. The summed E-state index contributed by atoms with van der Waals surface area (Å²) in [4.78, 5) is 16.5. The van der Waals surface area contributed by atoms with Crippen molar-refractivity contribution in [3.63, 3.8) is 0 Å². The number of ether oxygens (including phenoxy) is 1. The first-order valence-electron chi connectivity index (χ1n) is 21.7. The lowest BCUT2D eigenvalue weighted by atomic mass is 9.68. The van der Waals surface area contributed by atoms with Crippen LogP contribution in [-0.4, -0.2) is 64.9 Å². The minimum Gasteiger partial charge on any atom is -0.490 e. The van der Waals surface area contributed by atoms with Crippen LogP contribution in [0.1, 0.15) is 94.1 Å². The summed E-state index contributed by atoms with van der Waals surface area (Å²) in [5.41, 5.74) is 3.21. The number of aliphatic hydroxyl groups is 1. The fourth-order valence-corrected chi connectivity index (χ4v) is 17.0. The van der Waals surface area contributed by atoms with E-state index < -0.39 is 41.7 Å². The summed E-state index contributed by atoms with van der Waals surface area (Å²) < 4.78 is 45.5. The largest absolute Gasteiger partial charge is 0.490 e. The van der Waals surface area contributed by atoms with Gasteiger partial charge in [0.15, 0.2) is 0 Å². The van der Waals surface area contributed by atoms with Crippen LogP contribution >= 0.6 is 11.6 Å². The molecule has 6 atom stereocenters. The molecule has 4 aromatic carbocycles. The predicted molar refractivity (Wildman–Crippen MR) is 244 cm³/mol. The molecule has 4 aliphatic rings. The smallest absolute Gasteiger partial charge is 0.264 e. The van der Waals surface area contributed by atoms with Gasteiger partial charge in [0, 0.05) is 35.2 Å². The zero-order valence-corrected chi connectivity index (χ0v) is 37.9. The molecule has 318 valence electrons. The number of hydrogen-bond donors (Lipinski definition) is 2. The molecule has 1 fully saturated rings. The molecule has 1 amide bonds. The van der Waals surface area contributed by atoms with Crippen molar-refractivity contribution in [1.29, 1.82) is 0 Å². The van der Waals surface area contributed by atoms with Gasteiger partial charge in [0.25, 0.3) is 14.2 Å². The highest BCUT2D eigenvalue weighted by Gasteiger charge is 2.51. The van der Waals surface area contributed by atoms with Crippen LogP contribution in [0.15, 0.2) is 109 Å². The lowest BCUT2D eigenvalue weighted by Gasteiger charge is -2.45. The Labute approximate surface area is 362 Å². The number of carbonyl (C=O) groups is 1. The minimum atomic E-state index is -4.20. The van der Waals surface area contributed by atoms with E-state index >= 15 is 0 Å². The van der Waals surface area contributed by atoms with E-state index in [0.717, 1.165) is 53.2 Å². The number of halogens is 1. The maximum atomic E-state index is 14.5. The number of aliphatic hydroxyl groups excluding tert-OH is 1. The van der Waals surface area contributed by atoms with Crippen molar-refractivity contribution >= 4 is 51.9 Å². The molecular formula is C49H59ClN2O6SSi. The van der Waals surface area contributed by atoms with E-state index in [-0.39, 0.29) is 40.7 Å². The highest BCUT2D eigenvalue weighted by molar-refractivity contribution is 7.90. The van der Waals surface area contributed by atoms with E-state index in [9.17, 15) is 18.3 Å². The third kappa shape index (κ3) is 8.35. The molecular weight excluding hydrogens is 808 g/mol. The molecule has 2 aliphatic heterocycles. The molecule has 2 aliphatic carbocycles. The van der Waals surface area contributed by atoms with Crippen LogP contribution in [0.3, 0.4) is 0 Å². The first kappa shape index (κ1) is 42.7. The molecule has 60 heavy (non-hydrogen) atoms. The summed E-state index contributed by atoms with van der Waals surface area (Å²) in [6, 6.07) is 32.1. The monoisotopic (exact) mass is 866 g/mol. The molecule has 8 rings (SSSR count). The van der Waals surface area contributed by atoms with Crippen LogP contribution in [0.5, 0.6) is 5.75 Å². The number of anilines is 1. The van der Waals surface area contributed by atoms with E-state index in [0.29, 0.717) is 31.9 Å². The van der Waals surface area contributed by atoms with Crippen molar-refractivity contribution in [3.05, 3.63) is 131 Å². The van der Waals surface area contributed by atoms with Crippen molar-refractivity contribution in [2.24, 2.45) is 11.8 Å². The number of sulfonamides is 1. The van der Waals surface area contributed by atoms with Gasteiger partial charge in [0.1, 0.15) is 5.75 Å². The van der Waals surface area contributed by atoms with Crippen molar-refractivity contribution in [2.45, 2.75) is 107 Å². The molecule has 2 N–H and O–H groups in total. The van der Waals surface area contributed by atoms with Crippen molar-refractivity contribution in [3.8, 4) is 5.75 Å². The van der Waals surface area contributed by atoms with Crippen LogP contribution in [0.25, 0.3) is 0 Å². The maximum Gasteiger partial charge on any atom is 0.264 e. The predicted octanol–water partition coefficient (Wildman–Crippen LogP) is 8.33. The Morgan fingerprint density at radius 3 is 2.37 bits per heavy atom. The summed E-state index contributed by atoms with van der Waals surface area (Å²) in [5, 5.41) is 13.3. The van der Waals surface area contributed by atoms with Gasteiger partial charge in [-0.2, -0.15) is 0 Å². The average Bonchev–Trinajstić information content (AvgIpc) is 3.35. The van der Waals surface area contributed by atoms with Gasteiger partial charge in [-0.05, 0) is 127 Å². The number of fused-ring (bicyclic) bond motifs is 4. The van der Waals surface area contributed by atoms with E-state index in [1.165, 1.54) is 11.1 Å². The lowest BCUT2D eigenvalue weighted by molar-refractivity contribution is 0.0456. The van der Waals surface area contributed by atoms with Gasteiger partial charge in [-0.3, -0.25) is 4.79 Å². The Morgan fingerprint density at radius 2 is 1.70 bits per heavy atom. The normalized spacial score (nSPS) is 26.6. The number of nitrogens with one attached hydrogen (secondary N) is 1. The number of carbonyl (C=O) groups excluding carboxylic acids is 1. The summed E-state index contributed by atoms with van der Waals surface area (Å²) >= 11 is 6.48. The third-order valence-electron chi connectivity index (χ3n) is 13.7. The van der Waals surface area contributed by atoms with Gasteiger partial charge in [-0.1, -0.05) is 111 Å². The molecule has 0 radical (unpaired) electrons. The van der Waals surface area contributed by atoms with Crippen LogP contribution in [0, 0.1) is 11.8 Å². The van der Waals surface area contributed by atoms with Crippen LogP contribution in [0.4, 0.5) is 5.69 Å². The quantitative estimate of drug-likeness (QED) is 0.148. The number of benzene rings is 4. The van der Waals surface area contributed by atoms with Crippen molar-refractivity contribution < 1.29 is 27.5 Å². The second-order valence-corrected chi connectivity index (χ2v) is 25.4. The number of aryl methyl sites for hydroxylation is 1. The molecule has 11 heteroatoms. The number of allylic oxidation sites excluding steroid dienone is 1. The van der Waals surface area contributed by atoms with E-state index in [1.54, 1.807) is 12.1 Å². The van der Waals surface area contributed by atoms with E-state index in [2.05, 4.69) is 66.8 Å². The summed E-state index contributed by atoms with van der Waals surface area (Å²) in [6.45, 7) is 10.4. The molecule has 2 heterocycles. The Balaban J connectivity index is 1.12. The lowest BCUT2D eigenvalue weighted by Crippen LogP contribution is -2.67. The number of amides is 1. The van der Waals surface area contributed by atoms with E-state index in [1.807, 2.05) is 67.6 Å². The second-order valence-electron chi connectivity index (χ2n) is 18.7.